The minimum Gasteiger partial charge on any atom is -0.370 e. The molecule has 12 atom stereocenters. The van der Waals surface area contributed by atoms with Crippen molar-refractivity contribution in [2.75, 3.05) is 26.2 Å². The highest BCUT2D eigenvalue weighted by molar-refractivity contribution is 6.41. The number of aromatic nitrogens is 1. The number of para-hydroxylation sites is 1. The normalized spacial score (nSPS) is 23.0. The average molecular weight is 1300 g/mol. The Bertz CT molecular complexity index is 3190. The van der Waals surface area contributed by atoms with E-state index in [0.29, 0.717) is 31.2 Å². The zero-order chi connectivity index (χ0) is 69.9. The SMILES string of the molecule is CC(=O)CN[C@]1(C)CCCCC#CC#CCCC[C@@](C)(C(=O)NC(C)C(=O)N[C@@H](C)C(=O)NC(C)C(=O)N[C@@H](C)C(=O)C(=O)[C@H](C)NC[C@H](C)C(N)=O)NC(=O)[C@H](CC(C)C)CN[C@@H](CCC(N)=O)C(=O)C(=O)C(C)NC(=O)[C@H](Cc2c[nH]c3ccccc23)NCC1=O. The van der Waals surface area contributed by atoms with Gasteiger partial charge in [0.2, 0.25) is 70.4 Å². The second-order valence-electron chi connectivity index (χ2n) is 25.1. The first-order chi connectivity index (χ1) is 43.6. The molecule has 1 aromatic heterocycles. The van der Waals surface area contributed by atoms with Crippen LogP contribution >= 0.6 is 0 Å². The summed E-state index contributed by atoms with van der Waals surface area (Å²) in [6, 6.07) is -2.73. The summed E-state index contributed by atoms with van der Waals surface area (Å²) in [6.07, 6.45) is 3.53. The summed E-state index contributed by atoms with van der Waals surface area (Å²) in [7, 11) is 0. The summed E-state index contributed by atoms with van der Waals surface area (Å²) in [6.45, 7) is 17.1. The molecule has 8 amide bonds. The maximum absolute atomic E-state index is 14.6. The van der Waals surface area contributed by atoms with Gasteiger partial charge in [0.25, 0.3) is 0 Å². The average Bonchev–Trinajstić information content (AvgIpc) is 1.83. The van der Waals surface area contributed by atoms with Gasteiger partial charge in [0, 0.05) is 55.4 Å². The molecule has 3 unspecified atom stereocenters. The summed E-state index contributed by atoms with van der Waals surface area (Å²) in [5.74, 6) is -0.591. The molecule has 3 rings (SSSR count). The molecule has 2 heterocycles. The van der Waals surface area contributed by atoms with Crippen LogP contribution in [0.4, 0.5) is 0 Å². The number of aromatic amines is 1. The molecule has 0 aliphatic carbocycles. The first-order valence-electron chi connectivity index (χ1n) is 31.7. The lowest BCUT2D eigenvalue weighted by Crippen LogP contribution is -2.62. The predicted molar refractivity (Wildman–Crippen MR) is 347 cm³/mol. The third-order valence-electron chi connectivity index (χ3n) is 16.2. The van der Waals surface area contributed by atoms with Crippen LogP contribution in [0.1, 0.15) is 153 Å². The number of fused-ring (bicyclic) bond motifs is 1. The number of Topliss-reactive ketones (excluding diaryl/α,β-unsaturated/α-hetero) is 6. The number of nitrogens with one attached hydrogen (secondary N) is 11. The lowest BCUT2D eigenvalue weighted by atomic mass is 9.89. The Balaban J connectivity index is 1.92. The van der Waals surface area contributed by atoms with Crippen LogP contribution in [0.3, 0.4) is 0 Å². The van der Waals surface area contributed by atoms with Gasteiger partial charge >= 0.3 is 0 Å². The van der Waals surface area contributed by atoms with E-state index in [0.717, 1.165) is 10.9 Å². The van der Waals surface area contributed by atoms with Crippen molar-refractivity contribution >= 4 is 92.9 Å². The van der Waals surface area contributed by atoms with Gasteiger partial charge in [-0.3, -0.25) is 77.8 Å². The number of nitrogens with two attached hydrogens (primary N) is 2. The fourth-order valence-electron chi connectivity index (χ4n) is 10.00. The molecule has 0 spiro atoms. The quantitative estimate of drug-likeness (QED) is 0.0444. The number of hydrogen-bond acceptors (Lipinski definition) is 18. The number of carbonyl (C=O) groups is 14. The van der Waals surface area contributed by atoms with Crippen LogP contribution in [-0.4, -0.2) is 173 Å². The van der Waals surface area contributed by atoms with E-state index in [9.17, 15) is 67.1 Å². The topological polar surface area (TPSA) is 427 Å². The number of benzene rings is 1. The molecule has 0 bridgehead atoms. The smallest absolute Gasteiger partial charge is 0.246 e. The minimum absolute atomic E-state index is 0.0305. The highest BCUT2D eigenvalue weighted by atomic mass is 16.2. The number of carbonyl (C=O) groups excluding carboxylic acids is 14. The van der Waals surface area contributed by atoms with E-state index in [1.807, 2.05) is 38.1 Å². The molecule has 1 aliphatic rings. The van der Waals surface area contributed by atoms with E-state index in [2.05, 4.69) is 81.8 Å². The molecule has 0 fully saturated rings. The lowest BCUT2D eigenvalue weighted by molar-refractivity contribution is -0.140. The van der Waals surface area contributed by atoms with E-state index in [-0.39, 0.29) is 88.6 Å². The maximum atomic E-state index is 14.6. The van der Waals surface area contributed by atoms with Crippen LogP contribution in [-0.2, 0) is 73.5 Å². The van der Waals surface area contributed by atoms with Gasteiger partial charge in [-0.2, -0.15) is 0 Å². The van der Waals surface area contributed by atoms with Crippen molar-refractivity contribution in [1.29, 1.82) is 0 Å². The highest BCUT2D eigenvalue weighted by Gasteiger charge is 2.40. The van der Waals surface area contributed by atoms with Crippen LogP contribution in [0.15, 0.2) is 30.5 Å². The van der Waals surface area contributed by atoms with Crippen molar-refractivity contribution in [2.24, 2.45) is 29.2 Å². The highest BCUT2D eigenvalue weighted by Crippen LogP contribution is 2.22. The van der Waals surface area contributed by atoms with Gasteiger partial charge in [0.1, 0.15) is 29.4 Å². The summed E-state index contributed by atoms with van der Waals surface area (Å²) in [5.41, 5.74) is 9.34. The first kappa shape index (κ1) is 78.7. The Labute approximate surface area is 544 Å². The Morgan fingerprint density at radius 3 is 1.86 bits per heavy atom. The summed E-state index contributed by atoms with van der Waals surface area (Å²) in [5, 5.41) is 28.2. The molecular formula is C66H97N13O14. The molecule has 27 nitrogen and oxygen atoms in total. The fraction of sp³-hybridized carbons (Fsp3) is 0.606. The summed E-state index contributed by atoms with van der Waals surface area (Å²) >= 11 is 0. The second kappa shape index (κ2) is 37.9. The van der Waals surface area contributed by atoms with Gasteiger partial charge in [0.15, 0.2) is 5.78 Å². The largest absolute Gasteiger partial charge is 0.370 e. The molecule has 0 saturated carbocycles. The molecule has 0 radical (unpaired) electrons. The van der Waals surface area contributed by atoms with Crippen LogP contribution < -0.4 is 64.6 Å². The number of primary amides is 2. The van der Waals surface area contributed by atoms with Gasteiger partial charge in [-0.25, -0.2) is 0 Å². The first-order valence-corrected chi connectivity index (χ1v) is 31.7. The number of ketones is 6. The van der Waals surface area contributed by atoms with Crippen molar-refractivity contribution in [1.82, 2.24) is 58.2 Å². The van der Waals surface area contributed by atoms with Crippen molar-refractivity contribution in [3.63, 3.8) is 0 Å². The molecule has 27 heteroatoms. The van der Waals surface area contributed by atoms with Crippen LogP contribution in [0.25, 0.3) is 10.9 Å². The second-order valence-corrected chi connectivity index (χ2v) is 25.1. The molecule has 2 aromatic rings. The van der Waals surface area contributed by atoms with E-state index in [4.69, 9.17) is 11.5 Å². The van der Waals surface area contributed by atoms with Gasteiger partial charge in [-0.15, -0.1) is 0 Å². The molecule has 15 N–H and O–H groups in total. The predicted octanol–water partition coefficient (Wildman–Crippen LogP) is -0.414. The number of amides is 8. The molecule has 510 valence electrons. The monoisotopic (exact) mass is 1300 g/mol. The van der Waals surface area contributed by atoms with Crippen molar-refractivity contribution in [3.8, 4) is 23.7 Å². The zero-order valence-electron chi connectivity index (χ0n) is 55.7. The van der Waals surface area contributed by atoms with E-state index >= 15 is 0 Å². The van der Waals surface area contributed by atoms with Gasteiger partial charge in [-0.1, -0.05) is 57.2 Å². The van der Waals surface area contributed by atoms with Crippen LogP contribution in [0.2, 0.25) is 0 Å². The van der Waals surface area contributed by atoms with Gasteiger partial charge in [0.05, 0.1) is 54.8 Å². The number of H-pyrrole nitrogens is 1. The summed E-state index contributed by atoms with van der Waals surface area (Å²) < 4.78 is 0. The minimum atomic E-state index is -1.75. The van der Waals surface area contributed by atoms with E-state index in [1.54, 1.807) is 20.0 Å². The Morgan fingerprint density at radius 1 is 0.688 bits per heavy atom. The lowest BCUT2D eigenvalue weighted by Gasteiger charge is -2.33. The summed E-state index contributed by atoms with van der Waals surface area (Å²) in [4.78, 5) is 191. The fourth-order valence-corrected chi connectivity index (χ4v) is 10.00. The molecule has 0 saturated heterocycles. The Morgan fingerprint density at radius 2 is 1.27 bits per heavy atom. The van der Waals surface area contributed by atoms with Crippen LogP contribution in [0.5, 0.6) is 0 Å². The van der Waals surface area contributed by atoms with Crippen molar-refractivity contribution in [2.45, 2.75) is 213 Å². The standard InChI is InChI=1S/C66H97N13O14/c1-37(2)30-47-35-71-50(26-27-53(67)82)57(86)56(85)42(7)75-63(92)51(31-46-34-70-49-25-21-20-24-48(46)49)72-36-52(81)65(11,73-33-39(4)80)28-22-18-16-14-13-15-17-19-23-29-66(12,79-62(47)91)64(93)78-45(10)61(90)77-44(9)60(89)76-43(8)59(88)74-41(6)55(84)54(83)40(5)69-32-38(3)58(68)87/h20-21,24-25,34,37-38,40-45,47,50-51,69-73H,16,18-19,22-23,26-33,35-36H2,1-12H3,(H2,67,82)(H2,68,87)(H,74,88)(H,75,92)(H,76,89)(H,77,90)(H,78,93)(H,79,91)/t38-,40-,41-,42?,43?,44-,45?,47+,50-,51-,65+,66-/m0/s1. The number of hydrogen-bond donors (Lipinski definition) is 13. The molecule has 93 heavy (non-hydrogen) atoms. The zero-order valence-corrected chi connectivity index (χ0v) is 55.7. The third kappa shape index (κ3) is 25.8. The third-order valence-corrected chi connectivity index (χ3v) is 16.2. The van der Waals surface area contributed by atoms with Crippen molar-refractivity contribution < 1.29 is 67.1 Å². The maximum Gasteiger partial charge on any atom is 0.246 e. The molecule has 1 aromatic carbocycles. The van der Waals surface area contributed by atoms with Crippen molar-refractivity contribution in [3.05, 3.63) is 36.0 Å². The van der Waals surface area contributed by atoms with Gasteiger partial charge in [-0.05, 0) is 137 Å². The Kier molecular flexibility index (Phi) is 32.1. The van der Waals surface area contributed by atoms with E-state index < -0.39 is 142 Å². The molecular weight excluding hydrogens is 1200 g/mol. The number of rotatable bonds is 25. The van der Waals surface area contributed by atoms with Gasteiger partial charge < -0.3 is 59.0 Å². The van der Waals surface area contributed by atoms with Crippen LogP contribution in [0, 0.1) is 41.4 Å². The van der Waals surface area contributed by atoms with E-state index in [1.165, 1.54) is 55.4 Å². The Hall–Kier alpha value is -8.50. The molecule has 1 aliphatic heterocycles.